The third-order valence-electron chi connectivity index (χ3n) is 2.98. The minimum absolute atomic E-state index is 0.0378. The molecule has 2 rings (SSSR count). The van der Waals surface area contributed by atoms with E-state index in [9.17, 15) is 9.18 Å². The molecule has 1 amide bonds. The first-order valence-electron chi connectivity index (χ1n) is 5.83. The number of rotatable bonds is 4. The van der Waals surface area contributed by atoms with E-state index in [4.69, 9.17) is 5.84 Å². The fourth-order valence-corrected chi connectivity index (χ4v) is 3.22. The van der Waals surface area contributed by atoms with Crippen molar-refractivity contribution in [3.63, 3.8) is 0 Å². The van der Waals surface area contributed by atoms with Crippen molar-refractivity contribution in [3.8, 4) is 0 Å². The zero-order valence-electron chi connectivity index (χ0n) is 9.91. The maximum absolute atomic E-state index is 13.4. The molecule has 4 N–H and O–H groups in total. The number of nitrogens with one attached hydrogen (secondary N) is 2. The standard InChI is InChI=1S/C12H16FN3OS/c13-10-3-1-2-9(11(10)16-14)12(17)15-6-8-4-5-18-7-8/h1-3,8,16H,4-7,14H2,(H,15,17). The number of thioether (sulfide) groups is 1. The van der Waals surface area contributed by atoms with E-state index in [1.165, 1.54) is 12.1 Å². The van der Waals surface area contributed by atoms with Crippen LogP contribution < -0.4 is 16.6 Å². The third kappa shape index (κ3) is 2.94. The lowest BCUT2D eigenvalue weighted by molar-refractivity contribution is 0.0949. The molecule has 0 radical (unpaired) electrons. The Morgan fingerprint density at radius 2 is 2.39 bits per heavy atom. The van der Waals surface area contributed by atoms with Crippen LogP contribution >= 0.6 is 11.8 Å². The van der Waals surface area contributed by atoms with Gasteiger partial charge in [-0.05, 0) is 36.0 Å². The van der Waals surface area contributed by atoms with E-state index in [0.717, 1.165) is 17.9 Å². The number of hydrazine groups is 1. The van der Waals surface area contributed by atoms with E-state index in [-0.39, 0.29) is 17.2 Å². The van der Waals surface area contributed by atoms with Gasteiger partial charge < -0.3 is 10.7 Å². The summed E-state index contributed by atoms with van der Waals surface area (Å²) in [5.74, 6) is 7.15. The van der Waals surface area contributed by atoms with Gasteiger partial charge in [-0.15, -0.1) is 0 Å². The Labute approximate surface area is 109 Å². The number of benzene rings is 1. The zero-order valence-corrected chi connectivity index (χ0v) is 10.7. The normalized spacial score (nSPS) is 18.7. The molecule has 18 heavy (non-hydrogen) atoms. The van der Waals surface area contributed by atoms with Crippen LogP contribution in [0.25, 0.3) is 0 Å². The summed E-state index contributed by atoms with van der Waals surface area (Å²) in [6, 6.07) is 4.31. The third-order valence-corrected chi connectivity index (χ3v) is 4.21. The van der Waals surface area contributed by atoms with Crippen LogP contribution in [-0.2, 0) is 0 Å². The lowest BCUT2D eigenvalue weighted by Crippen LogP contribution is -2.30. The number of nitrogens with two attached hydrogens (primary N) is 1. The van der Waals surface area contributed by atoms with Gasteiger partial charge in [-0.25, -0.2) is 4.39 Å². The Hall–Kier alpha value is -1.27. The van der Waals surface area contributed by atoms with Gasteiger partial charge >= 0.3 is 0 Å². The molecule has 0 spiro atoms. The summed E-state index contributed by atoms with van der Waals surface area (Å²) in [4.78, 5) is 12.0. The summed E-state index contributed by atoms with van der Waals surface area (Å²) in [5.41, 5.74) is 2.51. The Bertz CT molecular complexity index is 435. The van der Waals surface area contributed by atoms with E-state index in [2.05, 4.69) is 10.7 Å². The summed E-state index contributed by atoms with van der Waals surface area (Å²) in [6.07, 6.45) is 1.12. The molecular formula is C12H16FN3OS. The molecule has 1 aromatic rings. The molecule has 0 bridgehead atoms. The highest BCUT2D eigenvalue weighted by Crippen LogP contribution is 2.23. The average molecular weight is 269 g/mol. The van der Waals surface area contributed by atoms with Gasteiger partial charge in [-0.1, -0.05) is 6.07 Å². The van der Waals surface area contributed by atoms with E-state index >= 15 is 0 Å². The van der Waals surface area contributed by atoms with Crippen LogP contribution in [0.4, 0.5) is 10.1 Å². The molecule has 98 valence electrons. The van der Waals surface area contributed by atoms with Crippen LogP contribution in [0.2, 0.25) is 0 Å². The molecule has 1 heterocycles. The molecule has 1 aromatic carbocycles. The highest BCUT2D eigenvalue weighted by molar-refractivity contribution is 7.99. The fourth-order valence-electron chi connectivity index (χ4n) is 1.94. The highest BCUT2D eigenvalue weighted by Gasteiger charge is 2.18. The van der Waals surface area contributed by atoms with E-state index in [1.54, 1.807) is 6.07 Å². The first-order valence-corrected chi connectivity index (χ1v) is 6.99. The molecule has 1 unspecified atom stereocenters. The minimum Gasteiger partial charge on any atom is -0.352 e. The Morgan fingerprint density at radius 3 is 3.06 bits per heavy atom. The number of carbonyl (C=O) groups is 1. The summed E-state index contributed by atoms with van der Waals surface area (Å²) in [7, 11) is 0. The van der Waals surface area contributed by atoms with Gasteiger partial charge in [0.2, 0.25) is 0 Å². The number of carbonyl (C=O) groups excluding carboxylic acids is 1. The minimum atomic E-state index is -0.526. The SMILES string of the molecule is NNc1c(F)cccc1C(=O)NCC1CCSC1. The number of halogens is 1. The van der Waals surface area contributed by atoms with Crippen LogP contribution in [0.1, 0.15) is 16.8 Å². The molecule has 0 aliphatic carbocycles. The lowest BCUT2D eigenvalue weighted by Gasteiger charge is -2.12. The molecule has 1 fully saturated rings. The quantitative estimate of drug-likeness (QED) is 0.573. The molecule has 1 aliphatic rings. The van der Waals surface area contributed by atoms with Gasteiger partial charge in [0.25, 0.3) is 5.91 Å². The number of nitrogen functional groups attached to an aromatic ring is 1. The van der Waals surface area contributed by atoms with Crippen LogP contribution in [0.15, 0.2) is 18.2 Å². The Kier molecular flexibility index (Phi) is 4.43. The first kappa shape index (κ1) is 13.2. The van der Waals surface area contributed by atoms with Gasteiger partial charge in [0.05, 0.1) is 11.3 Å². The summed E-state index contributed by atoms with van der Waals surface area (Å²) in [6.45, 7) is 0.631. The molecule has 4 nitrogen and oxygen atoms in total. The first-order chi connectivity index (χ1) is 8.72. The number of amides is 1. The zero-order chi connectivity index (χ0) is 13.0. The van der Waals surface area contributed by atoms with Crippen LogP contribution in [0.3, 0.4) is 0 Å². The van der Waals surface area contributed by atoms with E-state index in [0.29, 0.717) is 12.5 Å². The van der Waals surface area contributed by atoms with E-state index in [1.807, 2.05) is 11.8 Å². The molecule has 0 aromatic heterocycles. The lowest BCUT2D eigenvalue weighted by atomic mass is 10.1. The number of para-hydroxylation sites is 1. The fraction of sp³-hybridized carbons (Fsp3) is 0.417. The van der Waals surface area contributed by atoms with Crippen molar-refractivity contribution in [2.75, 3.05) is 23.5 Å². The van der Waals surface area contributed by atoms with Gasteiger partial charge in [0, 0.05) is 6.54 Å². The Balaban J connectivity index is 2.01. The van der Waals surface area contributed by atoms with Crippen molar-refractivity contribution < 1.29 is 9.18 Å². The van der Waals surface area contributed by atoms with Crippen LogP contribution in [0, 0.1) is 11.7 Å². The number of hydrogen-bond donors (Lipinski definition) is 3. The van der Waals surface area contributed by atoms with Gasteiger partial charge in [-0.3, -0.25) is 10.6 Å². The van der Waals surface area contributed by atoms with Crippen molar-refractivity contribution in [1.29, 1.82) is 0 Å². The number of hydrogen-bond acceptors (Lipinski definition) is 4. The second-order valence-corrected chi connectivity index (χ2v) is 5.40. The van der Waals surface area contributed by atoms with Crippen molar-refractivity contribution in [2.45, 2.75) is 6.42 Å². The topological polar surface area (TPSA) is 67.1 Å². The average Bonchev–Trinajstić information content (AvgIpc) is 2.88. The van der Waals surface area contributed by atoms with Crippen molar-refractivity contribution in [2.24, 2.45) is 11.8 Å². The maximum atomic E-state index is 13.4. The van der Waals surface area contributed by atoms with Crippen molar-refractivity contribution in [3.05, 3.63) is 29.6 Å². The van der Waals surface area contributed by atoms with Crippen LogP contribution in [0.5, 0.6) is 0 Å². The largest absolute Gasteiger partial charge is 0.352 e. The Morgan fingerprint density at radius 1 is 1.56 bits per heavy atom. The molecule has 6 heteroatoms. The second-order valence-electron chi connectivity index (χ2n) is 4.25. The maximum Gasteiger partial charge on any atom is 0.253 e. The predicted octanol–water partition coefficient (Wildman–Crippen LogP) is 1.59. The molecule has 1 saturated heterocycles. The summed E-state index contributed by atoms with van der Waals surface area (Å²) < 4.78 is 13.4. The highest BCUT2D eigenvalue weighted by atomic mass is 32.2. The van der Waals surface area contributed by atoms with Crippen LogP contribution in [-0.4, -0.2) is 24.0 Å². The van der Waals surface area contributed by atoms with Gasteiger partial charge in [-0.2, -0.15) is 11.8 Å². The van der Waals surface area contributed by atoms with Crippen molar-refractivity contribution in [1.82, 2.24) is 5.32 Å². The predicted molar refractivity (Wildman–Crippen MR) is 72.0 cm³/mol. The van der Waals surface area contributed by atoms with Gasteiger partial charge in [0.15, 0.2) is 0 Å². The van der Waals surface area contributed by atoms with Crippen molar-refractivity contribution >= 4 is 23.4 Å². The van der Waals surface area contributed by atoms with Gasteiger partial charge in [0.1, 0.15) is 5.82 Å². The number of anilines is 1. The monoisotopic (exact) mass is 269 g/mol. The smallest absolute Gasteiger partial charge is 0.253 e. The molecular weight excluding hydrogens is 253 g/mol. The second kappa shape index (κ2) is 6.06. The summed E-state index contributed by atoms with van der Waals surface area (Å²) >= 11 is 1.90. The summed E-state index contributed by atoms with van der Waals surface area (Å²) in [5, 5.41) is 2.83. The molecule has 1 aliphatic heterocycles. The van der Waals surface area contributed by atoms with E-state index < -0.39 is 5.82 Å². The molecule has 0 saturated carbocycles. The molecule has 1 atom stereocenters.